The van der Waals surface area contributed by atoms with Crippen LogP contribution in [0.3, 0.4) is 0 Å². The van der Waals surface area contributed by atoms with Gasteiger partial charge in [0.2, 0.25) is 0 Å². The summed E-state index contributed by atoms with van der Waals surface area (Å²) in [6.07, 6.45) is 0. The van der Waals surface area contributed by atoms with E-state index in [1.54, 1.807) is 12.1 Å². The van der Waals surface area contributed by atoms with E-state index in [0.717, 1.165) is 10.7 Å². The van der Waals surface area contributed by atoms with Gasteiger partial charge in [-0.15, -0.1) is 0 Å². The normalized spacial score (nSPS) is 14.6. The summed E-state index contributed by atoms with van der Waals surface area (Å²) in [5.41, 5.74) is 0.666. The highest BCUT2D eigenvalue weighted by atomic mass is 32.2. The molecular weight excluding hydrogens is 172 g/mol. The smallest absolute Gasteiger partial charge is 0.142 e. The van der Waals surface area contributed by atoms with Gasteiger partial charge in [0.25, 0.3) is 0 Å². The monoisotopic (exact) mass is 180 g/mol. The molecule has 1 aromatic rings. The third-order valence-electron chi connectivity index (χ3n) is 1.57. The van der Waals surface area contributed by atoms with Gasteiger partial charge >= 0.3 is 0 Å². The fourth-order valence-corrected chi connectivity index (χ4v) is 1.72. The lowest BCUT2D eigenvalue weighted by atomic mass is 10.3. The van der Waals surface area contributed by atoms with Gasteiger partial charge in [-0.3, -0.25) is 0 Å². The molecule has 0 amide bonds. The van der Waals surface area contributed by atoms with Crippen LogP contribution < -0.4 is 4.72 Å². The van der Waals surface area contributed by atoms with Crippen molar-refractivity contribution < 1.29 is 5.11 Å². The van der Waals surface area contributed by atoms with Gasteiger partial charge < -0.3 is 9.83 Å². The molecule has 0 aromatic heterocycles. The lowest BCUT2D eigenvalue weighted by Gasteiger charge is -2.14. The Labute approximate surface area is 74.7 Å². The van der Waals surface area contributed by atoms with Crippen molar-refractivity contribution in [2.45, 2.75) is 11.8 Å². The Balaban J connectivity index is 2.59. The maximum Gasteiger partial charge on any atom is 0.142 e. The third-order valence-corrected chi connectivity index (χ3v) is 2.51. The highest BCUT2D eigenvalue weighted by Gasteiger charge is 2.11. The van der Waals surface area contributed by atoms with Crippen molar-refractivity contribution in [1.29, 1.82) is 0 Å². The number of aliphatic imine (C=N–C) groups is 1. The molecule has 0 radical (unpaired) electrons. The summed E-state index contributed by atoms with van der Waals surface area (Å²) in [7, 11) is 0. The zero-order valence-electron chi connectivity index (χ0n) is 6.53. The standard InChI is InChI=1S/C8H8N2OS/c1-5-9-8-6(11)3-2-4-7(8)12-10-5/h2-4,11H,1H3,(H,9,10). The number of phenolic OH excluding ortho intramolecular Hbond substituents is 1. The van der Waals surface area contributed by atoms with Crippen LogP contribution in [0.1, 0.15) is 6.92 Å². The Morgan fingerprint density at radius 1 is 1.50 bits per heavy atom. The molecule has 0 aliphatic carbocycles. The van der Waals surface area contributed by atoms with Crippen molar-refractivity contribution in [3.8, 4) is 5.75 Å². The number of nitrogens with one attached hydrogen (secondary N) is 1. The van der Waals surface area contributed by atoms with E-state index in [9.17, 15) is 5.11 Å². The number of benzene rings is 1. The summed E-state index contributed by atoms with van der Waals surface area (Å²) in [6, 6.07) is 5.36. The van der Waals surface area contributed by atoms with Gasteiger partial charge in [0.15, 0.2) is 0 Å². The molecule has 1 heterocycles. The lowest BCUT2D eigenvalue weighted by Crippen LogP contribution is -2.13. The van der Waals surface area contributed by atoms with Gasteiger partial charge in [-0.2, -0.15) is 0 Å². The Morgan fingerprint density at radius 2 is 2.33 bits per heavy atom. The number of aromatic hydroxyl groups is 1. The molecule has 0 spiro atoms. The first-order chi connectivity index (χ1) is 5.77. The first-order valence-corrected chi connectivity index (χ1v) is 4.39. The molecule has 0 unspecified atom stereocenters. The maximum absolute atomic E-state index is 9.43. The second-order valence-corrected chi connectivity index (χ2v) is 3.37. The van der Waals surface area contributed by atoms with Gasteiger partial charge in [-0.05, 0) is 31.0 Å². The fraction of sp³-hybridized carbons (Fsp3) is 0.125. The van der Waals surface area contributed by atoms with Crippen molar-refractivity contribution in [2.24, 2.45) is 4.99 Å². The number of rotatable bonds is 0. The molecule has 0 saturated heterocycles. The number of hydrogen-bond donors (Lipinski definition) is 2. The van der Waals surface area contributed by atoms with Crippen molar-refractivity contribution >= 4 is 23.5 Å². The second kappa shape index (κ2) is 2.71. The molecule has 0 bridgehead atoms. The van der Waals surface area contributed by atoms with E-state index in [0.29, 0.717) is 5.69 Å². The van der Waals surface area contributed by atoms with Gasteiger partial charge in [-0.25, -0.2) is 4.99 Å². The van der Waals surface area contributed by atoms with Crippen LogP contribution in [0.2, 0.25) is 0 Å². The predicted octanol–water partition coefficient (Wildman–Crippen LogP) is 2.05. The Kier molecular flexibility index (Phi) is 1.69. The van der Waals surface area contributed by atoms with Crippen LogP contribution in [-0.2, 0) is 0 Å². The number of para-hydroxylation sites is 1. The minimum atomic E-state index is 0.237. The van der Waals surface area contributed by atoms with Crippen molar-refractivity contribution in [3.63, 3.8) is 0 Å². The van der Waals surface area contributed by atoms with Gasteiger partial charge in [0, 0.05) is 0 Å². The molecule has 1 aliphatic rings. The van der Waals surface area contributed by atoms with E-state index in [2.05, 4.69) is 9.71 Å². The number of nitrogens with zero attached hydrogens (tertiary/aromatic N) is 1. The van der Waals surface area contributed by atoms with Gasteiger partial charge in [0.05, 0.1) is 4.90 Å². The van der Waals surface area contributed by atoms with E-state index < -0.39 is 0 Å². The molecule has 1 aliphatic heterocycles. The summed E-state index contributed by atoms with van der Waals surface area (Å²) >= 11 is 1.47. The number of amidine groups is 1. The van der Waals surface area contributed by atoms with Crippen LogP contribution in [0.15, 0.2) is 28.1 Å². The van der Waals surface area contributed by atoms with Crippen LogP contribution in [0.5, 0.6) is 5.75 Å². The Morgan fingerprint density at radius 3 is 3.17 bits per heavy atom. The van der Waals surface area contributed by atoms with Crippen molar-refractivity contribution in [1.82, 2.24) is 4.72 Å². The Hall–Kier alpha value is -1.16. The van der Waals surface area contributed by atoms with E-state index in [1.165, 1.54) is 11.9 Å². The number of hydrogen-bond acceptors (Lipinski definition) is 4. The highest BCUT2D eigenvalue weighted by Crippen LogP contribution is 2.37. The van der Waals surface area contributed by atoms with E-state index in [-0.39, 0.29) is 5.75 Å². The Bertz CT molecular complexity index is 349. The maximum atomic E-state index is 9.43. The first kappa shape index (κ1) is 7.49. The highest BCUT2D eigenvalue weighted by molar-refractivity contribution is 7.98. The lowest BCUT2D eigenvalue weighted by molar-refractivity contribution is 0.475. The largest absolute Gasteiger partial charge is 0.506 e. The molecule has 0 atom stereocenters. The molecule has 1 aromatic carbocycles. The van der Waals surface area contributed by atoms with Crippen molar-refractivity contribution in [2.75, 3.05) is 0 Å². The summed E-state index contributed by atoms with van der Waals surface area (Å²) in [6.45, 7) is 1.86. The van der Waals surface area contributed by atoms with E-state index in [4.69, 9.17) is 0 Å². The molecule has 12 heavy (non-hydrogen) atoms. The van der Waals surface area contributed by atoms with Gasteiger partial charge in [0.1, 0.15) is 17.3 Å². The minimum absolute atomic E-state index is 0.237. The minimum Gasteiger partial charge on any atom is -0.506 e. The molecule has 62 valence electrons. The van der Waals surface area contributed by atoms with Crippen LogP contribution in [0.25, 0.3) is 0 Å². The average Bonchev–Trinajstić information content (AvgIpc) is 2.07. The molecule has 0 fully saturated rings. The molecule has 2 rings (SSSR count). The summed E-state index contributed by atoms with van der Waals surface area (Å²) in [4.78, 5) is 5.14. The molecule has 2 N–H and O–H groups in total. The molecule has 0 saturated carbocycles. The second-order valence-electron chi connectivity index (χ2n) is 2.53. The first-order valence-electron chi connectivity index (χ1n) is 3.57. The summed E-state index contributed by atoms with van der Waals surface area (Å²) in [5.74, 6) is 1.05. The van der Waals surface area contributed by atoms with E-state index >= 15 is 0 Å². The predicted molar refractivity (Wildman–Crippen MR) is 49.9 cm³/mol. The fourth-order valence-electron chi connectivity index (χ4n) is 1.02. The third kappa shape index (κ3) is 1.14. The molecule has 3 nitrogen and oxygen atoms in total. The average molecular weight is 180 g/mol. The molecule has 4 heteroatoms. The van der Waals surface area contributed by atoms with Crippen LogP contribution in [-0.4, -0.2) is 10.9 Å². The quantitative estimate of drug-likeness (QED) is 0.600. The SMILES string of the molecule is CC1=Nc2c(O)cccc2SN1. The zero-order valence-corrected chi connectivity index (χ0v) is 7.35. The summed E-state index contributed by atoms with van der Waals surface area (Å²) < 4.78 is 3.02. The molecular formula is C8H8N2OS. The number of phenols is 1. The van der Waals surface area contributed by atoms with Crippen LogP contribution in [0.4, 0.5) is 5.69 Å². The van der Waals surface area contributed by atoms with Gasteiger partial charge in [-0.1, -0.05) is 6.07 Å². The van der Waals surface area contributed by atoms with Crippen LogP contribution >= 0.6 is 11.9 Å². The number of fused-ring (bicyclic) bond motifs is 1. The summed E-state index contributed by atoms with van der Waals surface area (Å²) in [5, 5.41) is 9.43. The van der Waals surface area contributed by atoms with Crippen molar-refractivity contribution in [3.05, 3.63) is 18.2 Å². The topological polar surface area (TPSA) is 44.6 Å². The van der Waals surface area contributed by atoms with E-state index in [1.807, 2.05) is 13.0 Å². The zero-order chi connectivity index (χ0) is 8.55. The van der Waals surface area contributed by atoms with Crippen LogP contribution in [0, 0.1) is 0 Å².